The van der Waals surface area contributed by atoms with Gasteiger partial charge in [-0.05, 0) is 13.0 Å². The van der Waals surface area contributed by atoms with Crippen molar-refractivity contribution in [2.45, 2.75) is 50.5 Å². The number of hydrogen-bond acceptors (Lipinski definition) is 7. The van der Waals surface area contributed by atoms with E-state index >= 15 is 0 Å². The first-order chi connectivity index (χ1) is 12.5. The molecule has 0 aliphatic carbocycles. The Bertz CT molecular complexity index is 681. The third-order valence-corrected chi connectivity index (χ3v) is 7.09. The van der Waals surface area contributed by atoms with Gasteiger partial charge in [0, 0.05) is 23.8 Å². The Morgan fingerprint density at radius 1 is 1.30 bits per heavy atom. The lowest BCUT2D eigenvalue weighted by Gasteiger charge is -2.42. The molecule has 0 spiro atoms. The normalized spacial score (nSPS) is 48.0. The summed E-state index contributed by atoms with van der Waals surface area (Å²) in [5, 5.41) is 34.6. The minimum absolute atomic E-state index is 0.142. The van der Waals surface area contributed by atoms with Gasteiger partial charge in [0.1, 0.15) is 6.61 Å². The van der Waals surface area contributed by atoms with Crippen LogP contribution in [0.5, 0.6) is 0 Å². The van der Waals surface area contributed by atoms with Crippen molar-refractivity contribution in [3.05, 3.63) is 16.9 Å². The number of quaternary nitrogens is 1. The molecule has 2 N–H and O–H groups in total. The summed E-state index contributed by atoms with van der Waals surface area (Å²) in [5.41, 5.74) is -3.51. The van der Waals surface area contributed by atoms with Crippen molar-refractivity contribution in [1.82, 2.24) is 0 Å². The Labute approximate surface area is 162 Å². The van der Waals surface area contributed by atoms with E-state index in [1.54, 1.807) is 6.08 Å². The van der Waals surface area contributed by atoms with Crippen molar-refractivity contribution in [2.24, 2.45) is 11.8 Å². The molecule has 9 heteroatoms. The van der Waals surface area contributed by atoms with Gasteiger partial charge in [-0.15, -0.1) is 11.6 Å². The molecule has 0 radical (unpaired) electrons. The van der Waals surface area contributed by atoms with Gasteiger partial charge in [0.2, 0.25) is 0 Å². The summed E-state index contributed by atoms with van der Waals surface area (Å²) < 4.78 is 10.3. The number of hydrogen-bond donors (Lipinski definition) is 2. The predicted octanol–water partition coefficient (Wildman–Crippen LogP) is 0.475. The smallest absolute Gasteiger partial charge is 0.340 e. The third kappa shape index (κ3) is 3.07. The molecular weight excluding hydrogens is 378 g/mol. The number of carbonyl (C=O) groups excluding carboxylic acids is 2. The summed E-state index contributed by atoms with van der Waals surface area (Å²) in [7, 11) is 0. The summed E-state index contributed by atoms with van der Waals surface area (Å²) in [6.07, 6.45) is 1.33. The van der Waals surface area contributed by atoms with Gasteiger partial charge >= 0.3 is 11.9 Å². The Morgan fingerprint density at radius 3 is 2.59 bits per heavy atom. The highest BCUT2D eigenvalue weighted by atomic mass is 35.5. The van der Waals surface area contributed by atoms with E-state index in [0.717, 1.165) is 0 Å². The van der Waals surface area contributed by atoms with E-state index in [-0.39, 0.29) is 19.7 Å². The largest absolute Gasteiger partial charge is 0.632 e. The van der Waals surface area contributed by atoms with Gasteiger partial charge in [0.15, 0.2) is 23.3 Å². The highest BCUT2D eigenvalue weighted by Gasteiger charge is 2.56. The predicted molar refractivity (Wildman–Crippen MR) is 95.3 cm³/mol. The number of carbonyl (C=O) groups is 2. The molecule has 0 aromatic carbocycles. The average Bonchev–Trinajstić information content (AvgIpc) is 3.12. The first-order valence-electron chi connectivity index (χ1n) is 9.13. The molecule has 3 aliphatic rings. The van der Waals surface area contributed by atoms with Crippen molar-refractivity contribution in [1.29, 1.82) is 0 Å². The molecule has 7 unspecified atom stereocenters. The first kappa shape index (κ1) is 20.5. The number of aliphatic hydroxyl groups is 2. The summed E-state index contributed by atoms with van der Waals surface area (Å²) in [5.74, 6) is -4.05. The topological polar surface area (TPSA) is 116 Å². The van der Waals surface area contributed by atoms with Gasteiger partial charge in [-0.2, -0.15) is 0 Å². The summed E-state index contributed by atoms with van der Waals surface area (Å²) >= 11 is 5.91. The number of hydroxylamine groups is 3. The second-order valence-corrected chi connectivity index (χ2v) is 8.44. The van der Waals surface area contributed by atoms with Crippen LogP contribution in [0.3, 0.4) is 0 Å². The summed E-state index contributed by atoms with van der Waals surface area (Å²) in [6, 6.07) is -0.682. The number of ether oxygens (including phenoxy) is 2. The lowest BCUT2D eigenvalue weighted by atomic mass is 9.73. The molecule has 0 bridgehead atoms. The van der Waals surface area contributed by atoms with Crippen molar-refractivity contribution < 1.29 is 33.9 Å². The van der Waals surface area contributed by atoms with E-state index in [9.17, 15) is 25.0 Å². The molecule has 0 aromatic heterocycles. The van der Waals surface area contributed by atoms with E-state index in [0.29, 0.717) is 12.0 Å². The van der Waals surface area contributed by atoms with E-state index in [1.807, 2.05) is 0 Å². The van der Waals surface area contributed by atoms with Crippen LogP contribution in [-0.2, 0) is 19.1 Å². The SMILES string of the molecule is CC1C(C)C(O)(CCl)C(=O)OC2CC[N+]3([O-])CC=C(COC(=O)C1(C)O)C23. The van der Waals surface area contributed by atoms with E-state index in [4.69, 9.17) is 21.1 Å². The van der Waals surface area contributed by atoms with Crippen LogP contribution in [0.15, 0.2) is 11.6 Å². The summed E-state index contributed by atoms with van der Waals surface area (Å²) in [6.45, 7) is 4.66. The van der Waals surface area contributed by atoms with Gasteiger partial charge in [0.25, 0.3) is 0 Å². The molecule has 0 saturated carbocycles. The average molecular weight is 404 g/mol. The van der Waals surface area contributed by atoms with Gasteiger partial charge in [-0.25, -0.2) is 9.59 Å². The van der Waals surface area contributed by atoms with Crippen molar-refractivity contribution in [3.63, 3.8) is 0 Å². The molecule has 0 amide bonds. The second-order valence-electron chi connectivity index (χ2n) is 8.17. The van der Waals surface area contributed by atoms with E-state index in [2.05, 4.69) is 0 Å². The third-order valence-electron chi connectivity index (χ3n) is 6.68. The lowest BCUT2D eigenvalue weighted by Crippen LogP contribution is -2.58. The van der Waals surface area contributed by atoms with Crippen LogP contribution < -0.4 is 0 Å². The van der Waals surface area contributed by atoms with Crippen LogP contribution in [-0.4, -0.2) is 75.7 Å². The maximum Gasteiger partial charge on any atom is 0.340 e. The standard InChI is InChI=1S/C18H26ClNO7/c1-10-11(2)18(24,9-19)16(22)27-13-5-7-20(25)6-4-12(14(13)20)8-26-15(21)17(10,3)23/h4,10-11,13-14,23-24H,5-9H2,1-3H3. The minimum atomic E-state index is -2.12. The minimum Gasteiger partial charge on any atom is -0.632 e. The fourth-order valence-corrected chi connectivity index (χ4v) is 4.69. The molecule has 2 fully saturated rings. The molecule has 8 nitrogen and oxygen atoms in total. The Balaban J connectivity index is 2.02. The zero-order chi connectivity index (χ0) is 20.2. The monoisotopic (exact) mass is 403 g/mol. The fourth-order valence-electron chi connectivity index (χ4n) is 4.33. The molecule has 27 heavy (non-hydrogen) atoms. The lowest BCUT2D eigenvalue weighted by molar-refractivity contribution is -0.877. The van der Waals surface area contributed by atoms with Crippen LogP contribution in [0.4, 0.5) is 0 Å². The second kappa shape index (κ2) is 6.70. The number of alkyl halides is 1. The molecule has 3 aliphatic heterocycles. The number of nitrogens with zero attached hydrogens (tertiary/aromatic N) is 1. The maximum atomic E-state index is 13.0. The number of rotatable bonds is 1. The van der Waals surface area contributed by atoms with Crippen LogP contribution in [0.1, 0.15) is 27.2 Å². The van der Waals surface area contributed by atoms with E-state index < -0.39 is 57.6 Å². The van der Waals surface area contributed by atoms with Crippen LogP contribution >= 0.6 is 11.6 Å². The first-order valence-corrected chi connectivity index (χ1v) is 9.66. The Hall–Kier alpha value is -1.19. The number of halogens is 1. The molecule has 7 atom stereocenters. The zero-order valence-electron chi connectivity index (χ0n) is 15.7. The Kier molecular flexibility index (Phi) is 5.10. The van der Waals surface area contributed by atoms with E-state index in [1.165, 1.54) is 20.8 Å². The van der Waals surface area contributed by atoms with Crippen molar-refractivity contribution in [2.75, 3.05) is 25.6 Å². The zero-order valence-corrected chi connectivity index (χ0v) is 16.4. The number of esters is 2. The van der Waals surface area contributed by atoms with Crippen molar-refractivity contribution in [3.8, 4) is 0 Å². The van der Waals surface area contributed by atoms with Crippen molar-refractivity contribution >= 4 is 23.5 Å². The molecule has 2 saturated heterocycles. The Morgan fingerprint density at radius 2 is 1.96 bits per heavy atom. The van der Waals surface area contributed by atoms with Gasteiger partial charge < -0.3 is 29.5 Å². The molecule has 3 rings (SSSR count). The molecule has 3 heterocycles. The molecule has 152 valence electrons. The summed E-state index contributed by atoms with van der Waals surface area (Å²) in [4.78, 5) is 25.4. The van der Waals surface area contributed by atoms with Crippen LogP contribution in [0, 0.1) is 17.0 Å². The molecule has 0 aromatic rings. The van der Waals surface area contributed by atoms with Crippen LogP contribution in [0.2, 0.25) is 0 Å². The quantitative estimate of drug-likeness (QED) is 0.215. The number of cyclic esters (lactones) is 1. The van der Waals surface area contributed by atoms with Gasteiger partial charge in [0.05, 0.1) is 19.0 Å². The highest BCUT2D eigenvalue weighted by Crippen LogP contribution is 2.41. The van der Waals surface area contributed by atoms with Crippen LogP contribution in [0.25, 0.3) is 0 Å². The fraction of sp³-hybridized carbons (Fsp3) is 0.778. The highest BCUT2D eigenvalue weighted by molar-refractivity contribution is 6.20. The van der Waals surface area contributed by atoms with Gasteiger partial charge in [-0.1, -0.05) is 13.8 Å². The van der Waals surface area contributed by atoms with Gasteiger partial charge in [-0.3, -0.25) is 0 Å². The molecular formula is C18H26ClNO7. The maximum absolute atomic E-state index is 13.0.